The molecule has 2 aromatic rings. The molecule has 0 atom stereocenters. The zero-order valence-corrected chi connectivity index (χ0v) is 13.5. The molecule has 0 radical (unpaired) electrons. The molecule has 0 heterocycles. The van der Waals surface area contributed by atoms with Gasteiger partial charge in [-0.1, -0.05) is 12.1 Å². The lowest BCUT2D eigenvalue weighted by Crippen LogP contribution is -2.11. The van der Waals surface area contributed by atoms with Gasteiger partial charge in [-0.25, -0.2) is 0 Å². The fourth-order valence-corrected chi connectivity index (χ4v) is 3.09. The third-order valence-corrected chi connectivity index (χ3v) is 4.17. The molecule has 2 rings (SSSR count). The fraction of sp³-hybridized carbons (Fsp3) is 0.250. The van der Waals surface area contributed by atoms with Gasteiger partial charge in [0.1, 0.15) is 22.1 Å². The summed E-state index contributed by atoms with van der Waals surface area (Å²) >= 11 is 0. The second-order valence-corrected chi connectivity index (χ2v) is 6.12. The van der Waals surface area contributed by atoms with Crippen molar-refractivity contribution in [3.8, 4) is 17.2 Å². The molecule has 0 aromatic heterocycles. The molecule has 0 amide bonds. The van der Waals surface area contributed by atoms with Crippen molar-refractivity contribution in [2.24, 2.45) is 0 Å². The second kappa shape index (κ2) is 6.70. The summed E-state index contributed by atoms with van der Waals surface area (Å²) in [6, 6.07) is 11.3. The number of hydrogen-bond donors (Lipinski definition) is 0. The molecule has 0 aliphatic heterocycles. The van der Waals surface area contributed by atoms with E-state index in [0.29, 0.717) is 12.4 Å². The van der Waals surface area contributed by atoms with Gasteiger partial charge in [0.2, 0.25) is 0 Å². The van der Waals surface area contributed by atoms with E-state index in [-0.39, 0.29) is 16.4 Å². The number of methoxy groups -OCH3 is 1. The van der Waals surface area contributed by atoms with Crippen LogP contribution in [0.1, 0.15) is 12.5 Å². The number of rotatable bonds is 6. The van der Waals surface area contributed by atoms with Gasteiger partial charge in [-0.2, -0.15) is 8.42 Å². The normalized spacial score (nSPS) is 11.0. The molecule has 118 valence electrons. The van der Waals surface area contributed by atoms with E-state index < -0.39 is 10.1 Å². The van der Waals surface area contributed by atoms with Crippen molar-refractivity contribution < 1.29 is 22.1 Å². The first kappa shape index (κ1) is 16.2. The molecule has 0 aliphatic rings. The van der Waals surface area contributed by atoms with Crippen LogP contribution in [0.25, 0.3) is 0 Å². The van der Waals surface area contributed by atoms with Crippen LogP contribution in [0.4, 0.5) is 0 Å². The first-order chi connectivity index (χ1) is 10.5. The Labute approximate surface area is 130 Å². The van der Waals surface area contributed by atoms with E-state index in [0.717, 1.165) is 5.56 Å². The van der Waals surface area contributed by atoms with Crippen LogP contribution in [0.3, 0.4) is 0 Å². The molecule has 0 N–H and O–H groups in total. The summed E-state index contributed by atoms with van der Waals surface area (Å²) in [6.07, 6.45) is 0. The second-order valence-electron chi connectivity index (χ2n) is 4.60. The molecule has 0 saturated heterocycles. The minimum atomic E-state index is -3.99. The van der Waals surface area contributed by atoms with E-state index >= 15 is 0 Å². The van der Waals surface area contributed by atoms with Crippen LogP contribution in [0.2, 0.25) is 0 Å². The average Bonchev–Trinajstić information content (AvgIpc) is 2.46. The molecule has 0 spiro atoms. The van der Waals surface area contributed by atoms with Gasteiger partial charge >= 0.3 is 10.1 Å². The number of aryl methyl sites for hydroxylation is 1. The Kier molecular flexibility index (Phi) is 4.92. The summed E-state index contributed by atoms with van der Waals surface area (Å²) in [4.78, 5) is -0.0167. The highest BCUT2D eigenvalue weighted by atomic mass is 32.2. The maximum Gasteiger partial charge on any atom is 0.342 e. The highest BCUT2D eigenvalue weighted by Gasteiger charge is 2.21. The number of hydrogen-bond acceptors (Lipinski definition) is 5. The standard InChI is InChI=1S/C16H18O5S/c1-4-20-13-9-12(2)10-14(11-13)21-22(17,18)16-8-6-5-7-15(16)19-3/h5-11H,4H2,1-3H3. The number of benzene rings is 2. The maximum atomic E-state index is 12.4. The molecule has 0 unspecified atom stereocenters. The van der Waals surface area contributed by atoms with E-state index in [1.165, 1.54) is 13.2 Å². The Balaban J connectivity index is 2.36. The predicted molar refractivity (Wildman–Crippen MR) is 83.2 cm³/mol. The highest BCUT2D eigenvalue weighted by molar-refractivity contribution is 7.87. The molecule has 2 aromatic carbocycles. The molecular weight excluding hydrogens is 304 g/mol. The van der Waals surface area contributed by atoms with Crippen LogP contribution < -0.4 is 13.7 Å². The van der Waals surface area contributed by atoms with E-state index in [2.05, 4.69) is 0 Å². The molecule has 22 heavy (non-hydrogen) atoms. The molecule has 6 heteroatoms. The molecule has 0 bridgehead atoms. The van der Waals surface area contributed by atoms with Gasteiger partial charge in [0, 0.05) is 6.07 Å². The van der Waals surface area contributed by atoms with Gasteiger partial charge in [0.15, 0.2) is 0 Å². The Morgan fingerprint density at radius 2 is 1.73 bits per heavy atom. The molecule has 5 nitrogen and oxygen atoms in total. The van der Waals surface area contributed by atoms with E-state index in [4.69, 9.17) is 13.7 Å². The molecule has 0 fully saturated rings. The van der Waals surface area contributed by atoms with Crippen molar-refractivity contribution in [3.63, 3.8) is 0 Å². The lowest BCUT2D eigenvalue weighted by atomic mass is 10.2. The average molecular weight is 322 g/mol. The predicted octanol–water partition coefficient (Wildman–Crippen LogP) is 3.17. The van der Waals surface area contributed by atoms with Crippen LogP contribution in [0.15, 0.2) is 47.4 Å². The minimum Gasteiger partial charge on any atom is -0.495 e. The summed E-state index contributed by atoms with van der Waals surface area (Å²) in [5.41, 5.74) is 0.844. The SMILES string of the molecule is CCOc1cc(C)cc(OS(=O)(=O)c2ccccc2OC)c1. The van der Waals surface area contributed by atoms with Gasteiger partial charge in [0.05, 0.1) is 13.7 Å². The van der Waals surface area contributed by atoms with Gasteiger partial charge in [-0.3, -0.25) is 0 Å². The zero-order valence-electron chi connectivity index (χ0n) is 12.7. The molecular formula is C16H18O5S. The fourth-order valence-electron chi connectivity index (χ4n) is 2.01. The van der Waals surface area contributed by atoms with Crippen molar-refractivity contribution in [1.29, 1.82) is 0 Å². The molecule has 0 saturated carbocycles. The lowest BCUT2D eigenvalue weighted by Gasteiger charge is -2.12. The third kappa shape index (κ3) is 3.71. The van der Waals surface area contributed by atoms with Gasteiger partial charge < -0.3 is 13.7 Å². The summed E-state index contributed by atoms with van der Waals surface area (Å²) in [5, 5.41) is 0. The van der Waals surface area contributed by atoms with Crippen molar-refractivity contribution in [2.45, 2.75) is 18.7 Å². The van der Waals surface area contributed by atoms with Gasteiger partial charge in [-0.15, -0.1) is 0 Å². The Bertz CT molecular complexity index is 753. The van der Waals surface area contributed by atoms with E-state index in [1.807, 2.05) is 19.9 Å². The van der Waals surface area contributed by atoms with Crippen LogP contribution in [0.5, 0.6) is 17.2 Å². The maximum absolute atomic E-state index is 12.4. The third-order valence-electron chi connectivity index (χ3n) is 2.88. The van der Waals surface area contributed by atoms with Gasteiger partial charge in [0.25, 0.3) is 0 Å². The molecule has 0 aliphatic carbocycles. The summed E-state index contributed by atoms with van der Waals surface area (Å²) in [7, 11) is -2.57. The van der Waals surface area contributed by atoms with E-state index in [1.54, 1.807) is 30.3 Å². The Morgan fingerprint density at radius 1 is 1.05 bits per heavy atom. The van der Waals surface area contributed by atoms with Crippen LogP contribution in [0, 0.1) is 6.92 Å². The van der Waals surface area contributed by atoms with E-state index in [9.17, 15) is 8.42 Å². The van der Waals surface area contributed by atoms with Crippen LogP contribution in [-0.2, 0) is 10.1 Å². The lowest BCUT2D eigenvalue weighted by molar-refractivity contribution is 0.338. The first-order valence-corrected chi connectivity index (χ1v) is 8.19. The summed E-state index contributed by atoms with van der Waals surface area (Å²) in [6.45, 7) is 4.18. The van der Waals surface area contributed by atoms with Crippen LogP contribution >= 0.6 is 0 Å². The topological polar surface area (TPSA) is 61.8 Å². The number of ether oxygens (including phenoxy) is 2. The smallest absolute Gasteiger partial charge is 0.342 e. The van der Waals surface area contributed by atoms with Crippen molar-refractivity contribution in [3.05, 3.63) is 48.0 Å². The van der Waals surface area contributed by atoms with Crippen molar-refractivity contribution in [1.82, 2.24) is 0 Å². The quantitative estimate of drug-likeness (QED) is 0.764. The summed E-state index contributed by atoms with van der Waals surface area (Å²) in [5.74, 6) is 1.00. The Morgan fingerprint density at radius 3 is 2.41 bits per heavy atom. The van der Waals surface area contributed by atoms with Crippen molar-refractivity contribution >= 4 is 10.1 Å². The monoisotopic (exact) mass is 322 g/mol. The summed E-state index contributed by atoms with van der Waals surface area (Å²) < 4.78 is 40.5. The van der Waals surface area contributed by atoms with Crippen LogP contribution in [-0.4, -0.2) is 22.1 Å². The first-order valence-electron chi connectivity index (χ1n) is 6.78. The minimum absolute atomic E-state index is 0.0167. The van der Waals surface area contributed by atoms with Crippen molar-refractivity contribution in [2.75, 3.05) is 13.7 Å². The van der Waals surface area contributed by atoms with Gasteiger partial charge in [-0.05, 0) is 43.7 Å². The Hall–Kier alpha value is -2.21. The number of para-hydroxylation sites is 1. The largest absolute Gasteiger partial charge is 0.495 e. The zero-order chi connectivity index (χ0) is 16.2. The highest BCUT2D eigenvalue weighted by Crippen LogP contribution is 2.29.